The number of rotatable bonds is 9. The van der Waals surface area contributed by atoms with Crippen LogP contribution in [0.3, 0.4) is 0 Å². The number of carboxylic acid groups (broad SMARTS) is 1. The molecular weight excluding hydrogens is 464 g/mol. The van der Waals surface area contributed by atoms with E-state index >= 15 is 0 Å². The number of aliphatic carboxylic acids is 1. The molecule has 0 aromatic heterocycles. The van der Waals surface area contributed by atoms with Crippen LogP contribution in [0.1, 0.15) is 35.4 Å². The Balaban J connectivity index is 1.77. The van der Waals surface area contributed by atoms with Gasteiger partial charge in [-0.3, -0.25) is 4.79 Å². The van der Waals surface area contributed by atoms with Crippen LogP contribution in [-0.4, -0.2) is 48.9 Å². The van der Waals surface area contributed by atoms with Gasteiger partial charge in [0.1, 0.15) is 12.1 Å². The predicted octanol–water partition coefficient (Wildman–Crippen LogP) is 3.38. The molecule has 0 bridgehead atoms. The van der Waals surface area contributed by atoms with Crippen LogP contribution < -0.4 is 4.72 Å². The fourth-order valence-electron chi connectivity index (χ4n) is 4.65. The number of nitrogens with one attached hydrogen (secondary N) is 1. The molecule has 2 atom stereocenters. The first-order chi connectivity index (χ1) is 16.9. The maximum atomic E-state index is 13.9. The lowest BCUT2D eigenvalue weighted by Gasteiger charge is -2.32. The molecule has 1 heterocycles. The van der Waals surface area contributed by atoms with Crippen LogP contribution in [0, 0.1) is 0 Å². The molecule has 0 saturated carbocycles. The van der Waals surface area contributed by atoms with Gasteiger partial charge in [-0.1, -0.05) is 91.0 Å². The van der Waals surface area contributed by atoms with Gasteiger partial charge in [0.2, 0.25) is 15.9 Å². The summed E-state index contributed by atoms with van der Waals surface area (Å²) in [5.74, 6) is -2.57. The van der Waals surface area contributed by atoms with Gasteiger partial charge in [-0.25, -0.2) is 17.9 Å². The summed E-state index contributed by atoms with van der Waals surface area (Å²) >= 11 is 0. The van der Waals surface area contributed by atoms with Gasteiger partial charge in [0, 0.05) is 12.5 Å². The van der Waals surface area contributed by atoms with E-state index in [2.05, 4.69) is 4.72 Å². The van der Waals surface area contributed by atoms with Crippen molar-refractivity contribution < 1.29 is 23.1 Å². The van der Waals surface area contributed by atoms with Gasteiger partial charge in [-0.15, -0.1) is 0 Å². The molecule has 0 aliphatic carbocycles. The van der Waals surface area contributed by atoms with Crippen LogP contribution in [0.2, 0.25) is 0 Å². The first-order valence-corrected chi connectivity index (χ1v) is 13.2. The average Bonchev–Trinajstić information content (AvgIpc) is 3.35. The minimum atomic E-state index is -3.95. The Morgan fingerprint density at radius 3 is 1.91 bits per heavy atom. The second kappa shape index (κ2) is 10.8. The number of carboxylic acids is 1. The second-order valence-electron chi connectivity index (χ2n) is 8.67. The van der Waals surface area contributed by atoms with Crippen LogP contribution >= 0.6 is 0 Å². The molecule has 3 aromatic carbocycles. The molecule has 1 saturated heterocycles. The van der Waals surface area contributed by atoms with Gasteiger partial charge in [0.05, 0.1) is 5.75 Å². The fourth-order valence-corrected chi connectivity index (χ4v) is 5.99. The monoisotopic (exact) mass is 492 g/mol. The standard InChI is InChI=1S/C27H28N2O5S/c30-26(29-18-10-17-23(29)27(31)32)25(28-35(33,34)19-20-11-4-1-5-12-20)24(21-13-6-2-7-14-21)22-15-8-3-9-16-22/h1-9,11-16,23-25,28H,10,17-19H2,(H,31,32)/t23-,25+/m0/s1. The zero-order chi connectivity index (χ0) is 24.8. The smallest absolute Gasteiger partial charge is 0.326 e. The largest absolute Gasteiger partial charge is 0.480 e. The Morgan fingerprint density at radius 2 is 1.40 bits per heavy atom. The SMILES string of the molecule is O=C(O)[C@@H]1CCCN1C(=O)[C@H](NS(=O)(=O)Cc1ccccc1)C(c1ccccc1)c1ccccc1. The van der Waals surface area contributed by atoms with E-state index in [-0.39, 0.29) is 12.3 Å². The molecule has 35 heavy (non-hydrogen) atoms. The number of hydrogen-bond acceptors (Lipinski definition) is 4. The van der Waals surface area contributed by atoms with E-state index in [9.17, 15) is 23.1 Å². The summed E-state index contributed by atoms with van der Waals surface area (Å²) in [5, 5.41) is 9.68. The van der Waals surface area contributed by atoms with Crippen molar-refractivity contribution in [2.24, 2.45) is 0 Å². The quantitative estimate of drug-likeness (QED) is 0.477. The number of carbonyl (C=O) groups excluding carboxylic acids is 1. The van der Waals surface area contributed by atoms with Gasteiger partial charge >= 0.3 is 5.97 Å². The van der Waals surface area contributed by atoms with E-state index in [1.807, 2.05) is 60.7 Å². The molecule has 1 aliphatic rings. The second-order valence-corrected chi connectivity index (χ2v) is 10.4. The van der Waals surface area contributed by atoms with E-state index in [0.29, 0.717) is 18.4 Å². The van der Waals surface area contributed by atoms with E-state index in [0.717, 1.165) is 11.1 Å². The summed E-state index contributed by atoms with van der Waals surface area (Å²) < 4.78 is 29.3. The third-order valence-electron chi connectivity index (χ3n) is 6.24. The predicted molar refractivity (Wildman–Crippen MR) is 133 cm³/mol. The summed E-state index contributed by atoms with van der Waals surface area (Å²) in [6.45, 7) is 0.267. The molecule has 0 spiro atoms. The Labute approximate surface area is 205 Å². The maximum Gasteiger partial charge on any atom is 0.326 e. The van der Waals surface area contributed by atoms with Gasteiger partial charge in [-0.05, 0) is 29.5 Å². The lowest BCUT2D eigenvalue weighted by atomic mass is 9.84. The average molecular weight is 493 g/mol. The molecule has 1 fully saturated rings. The number of benzene rings is 3. The highest BCUT2D eigenvalue weighted by molar-refractivity contribution is 7.88. The van der Waals surface area contributed by atoms with E-state index < -0.39 is 39.9 Å². The fraction of sp³-hybridized carbons (Fsp3) is 0.259. The zero-order valence-corrected chi connectivity index (χ0v) is 20.0. The molecule has 4 rings (SSSR count). The molecule has 7 nitrogen and oxygen atoms in total. The van der Waals surface area contributed by atoms with Crippen molar-refractivity contribution in [2.75, 3.05) is 6.54 Å². The lowest BCUT2D eigenvalue weighted by molar-refractivity contribution is -0.149. The van der Waals surface area contributed by atoms with Crippen molar-refractivity contribution in [3.05, 3.63) is 108 Å². The first kappa shape index (κ1) is 24.6. The van der Waals surface area contributed by atoms with Gasteiger partial charge in [0.15, 0.2) is 0 Å². The zero-order valence-electron chi connectivity index (χ0n) is 19.2. The van der Waals surface area contributed by atoms with Crippen LogP contribution in [-0.2, 0) is 25.4 Å². The molecule has 0 unspecified atom stereocenters. The van der Waals surface area contributed by atoms with Crippen LogP contribution in [0.4, 0.5) is 0 Å². The Bertz CT molecular complexity index is 1210. The van der Waals surface area contributed by atoms with Crippen molar-refractivity contribution >= 4 is 21.9 Å². The molecule has 2 N–H and O–H groups in total. The molecule has 0 radical (unpaired) electrons. The van der Waals surface area contributed by atoms with Crippen molar-refractivity contribution in [2.45, 2.75) is 36.6 Å². The van der Waals surface area contributed by atoms with E-state index in [1.54, 1.807) is 30.3 Å². The number of sulfonamides is 1. The minimum Gasteiger partial charge on any atom is -0.480 e. The summed E-state index contributed by atoms with van der Waals surface area (Å²) in [7, 11) is -3.95. The molecule has 1 aliphatic heterocycles. The van der Waals surface area contributed by atoms with Crippen molar-refractivity contribution in [3.8, 4) is 0 Å². The first-order valence-electron chi connectivity index (χ1n) is 11.5. The normalized spacial score (nSPS) is 16.8. The van der Waals surface area contributed by atoms with E-state index in [1.165, 1.54) is 4.90 Å². The Morgan fingerprint density at radius 1 is 0.886 bits per heavy atom. The van der Waals surface area contributed by atoms with E-state index in [4.69, 9.17) is 0 Å². The Kier molecular flexibility index (Phi) is 7.63. The minimum absolute atomic E-state index is 0.267. The van der Waals surface area contributed by atoms with Gasteiger partial charge < -0.3 is 10.0 Å². The number of amides is 1. The molecular formula is C27H28N2O5S. The number of hydrogen-bond donors (Lipinski definition) is 2. The lowest BCUT2D eigenvalue weighted by Crippen LogP contribution is -2.54. The molecule has 8 heteroatoms. The van der Waals surface area contributed by atoms with Crippen LogP contribution in [0.25, 0.3) is 0 Å². The van der Waals surface area contributed by atoms with Crippen molar-refractivity contribution in [1.29, 1.82) is 0 Å². The van der Waals surface area contributed by atoms with Crippen LogP contribution in [0.5, 0.6) is 0 Å². The van der Waals surface area contributed by atoms with Gasteiger partial charge in [0.25, 0.3) is 0 Å². The summed E-state index contributed by atoms with van der Waals surface area (Å²) in [5.41, 5.74) is 2.10. The number of likely N-dealkylation sites (tertiary alicyclic amines) is 1. The molecule has 3 aromatic rings. The highest BCUT2D eigenvalue weighted by atomic mass is 32.2. The Hall–Kier alpha value is -3.49. The molecule has 1 amide bonds. The summed E-state index contributed by atoms with van der Waals surface area (Å²) in [6, 6.07) is 25.0. The van der Waals surface area contributed by atoms with Crippen LogP contribution in [0.15, 0.2) is 91.0 Å². The maximum absolute atomic E-state index is 13.9. The highest BCUT2D eigenvalue weighted by Gasteiger charge is 2.42. The third-order valence-corrected chi connectivity index (χ3v) is 7.57. The topological polar surface area (TPSA) is 104 Å². The number of nitrogens with zero attached hydrogens (tertiary/aromatic N) is 1. The van der Waals surface area contributed by atoms with Crippen molar-refractivity contribution in [1.82, 2.24) is 9.62 Å². The third kappa shape index (κ3) is 5.96. The summed E-state index contributed by atoms with van der Waals surface area (Å²) in [4.78, 5) is 27.1. The summed E-state index contributed by atoms with van der Waals surface area (Å²) in [6.07, 6.45) is 0.888. The number of carbonyl (C=O) groups is 2. The van der Waals surface area contributed by atoms with Crippen molar-refractivity contribution in [3.63, 3.8) is 0 Å². The molecule has 182 valence electrons. The van der Waals surface area contributed by atoms with Gasteiger partial charge in [-0.2, -0.15) is 0 Å². The highest BCUT2D eigenvalue weighted by Crippen LogP contribution is 2.31.